The zero-order valence-electron chi connectivity index (χ0n) is 12.2. The first-order valence-electron chi connectivity index (χ1n) is 7.00. The molecule has 1 unspecified atom stereocenters. The van der Waals surface area contributed by atoms with Gasteiger partial charge >= 0.3 is 6.18 Å². The Kier molecular flexibility index (Phi) is 3.63. The third kappa shape index (κ3) is 2.69. The van der Waals surface area contributed by atoms with Crippen molar-refractivity contribution in [2.45, 2.75) is 23.9 Å². The van der Waals surface area contributed by atoms with Crippen molar-refractivity contribution in [2.75, 3.05) is 10.8 Å². The van der Waals surface area contributed by atoms with Crippen molar-refractivity contribution in [1.29, 1.82) is 0 Å². The van der Waals surface area contributed by atoms with E-state index >= 15 is 0 Å². The average Bonchev–Trinajstić information content (AvgIpc) is 2.85. The van der Waals surface area contributed by atoms with E-state index < -0.39 is 21.8 Å². The van der Waals surface area contributed by atoms with Crippen LogP contribution in [-0.4, -0.2) is 15.0 Å². The lowest BCUT2D eigenvalue weighted by molar-refractivity contribution is -0.137. The Labute approximate surface area is 132 Å². The Morgan fingerprint density at radius 2 is 1.65 bits per heavy atom. The molecular weight excluding hydrogens is 327 g/mol. The summed E-state index contributed by atoms with van der Waals surface area (Å²) in [7, 11) is -3.88. The molecule has 0 bridgehead atoms. The van der Waals surface area contributed by atoms with E-state index in [-0.39, 0.29) is 17.4 Å². The maximum atomic E-state index is 12.7. The quantitative estimate of drug-likeness (QED) is 0.827. The van der Waals surface area contributed by atoms with E-state index in [1.807, 2.05) is 19.1 Å². The minimum Gasteiger partial charge on any atom is -0.265 e. The highest BCUT2D eigenvalue weighted by Gasteiger charge is 2.35. The van der Waals surface area contributed by atoms with Crippen molar-refractivity contribution in [1.82, 2.24) is 0 Å². The number of para-hydroxylation sites is 1. The minimum atomic E-state index is -4.49. The van der Waals surface area contributed by atoms with Crippen molar-refractivity contribution in [3.63, 3.8) is 0 Å². The van der Waals surface area contributed by atoms with Crippen molar-refractivity contribution >= 4 is 15.7 Å². The van der Waals surface area contributed by atoms with Crippen LogP contribution in [-0.2, 0) is 16.2 Å². The number of fused-ring (bicyclic) bond motifs is 1. The molecule has 0 saturated carbocycles. The predicted octanol–water partition coefficient (Wildman–Crippen LogP) is 4.02. The van der Waals surface area contributed by atoms with Crippen molar-refractivity contribution < 1.29 is 21.6 Å². The smallest absolute Gasteiger partial charge is 0.265 e. The molecule has 122 valence electrons. The highest BCUT2D eigenvalue weighted by Crippen LogP contribution is 2.39. The van der Waals surface area contributed by atoms with Gasteiger partial charge in [-0.25, -0.2) is 8.42 Å². The molecule has 0 N–H and O–H groups in total. The van der Waals surface area contributed by atoms with Gasteiger partial charge in [-0.15, -0.1) is 0 Å². The van der Waals surface area contributed by atoms with Gasteiger partial charge in [0.1, 0.15) is 0 Å². The molecule has 23 heavy (non-hydrogen) atoms. The molecule has 2 aromatic carbocycles. The van der Waals surface area contributed by atoms with Gasteiger partial charge in [0.05, 0.1) is 16.1 Å². The molecule has 0 fully saturated rings. The molecule has 1 heterocycles. The number of alkyl halides is 3. The monoisotopic (exact) mass is 341 g/mol. The first-order chi connectivity index (χ1) is 10.7. The second kappa shape index (κ2) is 5.26. The second-order valence-electron chi connectivity index (χ2n) is 5.52. The normalized spacial score (nSPS) is 18.1. The van der Waals surface area contributed by atoms with Crippen molar-refractivity contribution in [2.24, 2.45) is 0 Å². The standard InChI is InChI=1S/C16H14F3NO2S/c1-11-10-20(15-5-3-2-4-14(11)15)23(21,22)13-8-6-12(7-9-13)16(17,18)19/h2-9,11H,10H2,1H3. The van der Waals surface area contributed by atoms with Gasteiger partial charge in [0.2, 0.25) is 0 Å². The molecule has 3 rings (SSSR count). The summed E-state index contributed by atoms with van der Waals surface area (Å²) >= 11 is 0. The van der Waals surface area contributed by atoms with Crippen molar-refractivity contribution in [3.8, 4) is 0 Å². The highest BCUT2D eigenvalue weighted by atomic mass is 32.2. The SMILES string of the molecule is CC1CN(S(=O)(=O)c2ccc(C(F)(F)F)cc2)c2ccccc21. The maximum absolute atomic E-state index is 12.7. The molecule has 0 saturated heterocycles. The molecule has 1 aliphatic heterocycles. The summed E-state index contributed by atoms with van der Waals surface area (Å²) in [5.74, 6) is 0.0374. The number of rotatable bonds is 2. The lowest BCUT2D eigenvalue weighted by Crippen LogP contribution is -2.29. The maximum Gasteiger partial charge on any atom is 0.416 e. The predicted molar refractivity (Wildman–Crippen MR) is 80.8 cm³/mol. The van der Waals surface area contributed by atoms with Gasteiger partial charge in [-0.3, -0.25) is 4.31 Å². The summed E-state index contributed by atoms with van der Waals surface area (Å²) in [4.78, 5) is -0.144. The molecule has 2 aromatic rings. The number of nitrogens with zero attached hydrogens (tertiary/aromatic N) is 1. The van der Waals surface area contributed by atoms with Gasteiger partial charge in [-0.1, -0.05) is 25.1 Å². The zero-order valence-corrected chi connectivity index (χ0v) is 13.0. The Balaban J connectivity index is 2.00. The Bertz CT molecular complexity index is 829. The molecule has 0 aromatic heterocycles. The fourth-order valence-electron chi connectivity index (χ4n) is 2.75. The summed E-state index contributed by atoms with van der Waals surface area (Å²) in [5.41, 5.74) is 0.634. The molecule has 0 aliphatic carbocycles. The largest absolute Gasteiger partial charge is 0.416 e. The summed E-state index contributed by atoms with van der Waals surface area (Å²) < 4.78 is 64.6. The average molecular weight is 341 g/mol. The van der Waals surface area contributed by atoms with Gasteiger partial charge < -0.3 is 0 Å². The summed E-state index contributed by atoms with van der Waals surface area (Å²) in [5, 5.41) is 0. The number of hydrogen-bond acceptors (Lipinski definition) is 2. The van der Waals surface area contributed by atoms with Crippen LogP contribution in [0.25, 0.3) is 0 Å². The molecule has 0 amide bonds. The lowest BCUT2D eigenvalue weighted by atomic mass is 10.0. The van der Waals surface area contributed by atoms with Crippen LogP contribution in [0.4, 0.5) is 18.9 Å². The number of benzene rings is 2. The van der Waals surface area contributed by atoms with Crippen LogP contribution >= 0.6 is 0 Å². The van der Waals surface area contributed by atoms with Gasteiger partial charge in [0.25, 0.3) is 10.0 Å². The number of hydrogen-bond donors (Lipinski definition) is 0. The summed E-state index contributed by atoms with van der Waals surface area (Å²) in [6, 6.07) is 10.7. The van der Waals surface area contributed by atoms with Gasteiger partial charge in [-0.2, -0.15) is 13.2 Å². The van der Waals surface area contributed by atoms with Gasteiger partial charge in [0.15, 0.2) is 0 Å². The van der Waals surface area contributed by atoms with E-state index in [0.29, 0.717) is 5.69 Å². The van der Waals surface area contributed by atoms with Crippen LogP contribution in [0.15, 0.2) is 53.4 Å². The first-order valence-corrected chi connectivity index (χ1v) is 8.44. The molecule has 3 nitrogen and oxygen atoms in total. The van der Waals surface area contributed by atoms with E-state index in [1.165, 1.54) is 4.31 Å². The Morgan fingerprint density at radius 1 is 1.04 bits per heavy atom. The fraction of sp³-hybridized carbons (Fsp3) is 0.250. The van der Waals surface area contributed by atoms with Crippen molar-refractivity contribution in [3.05, 3.63) is 59.7 Å². The second-order valence-corrected chi connectivity index (χ2v) is 7.38. The van der Waals surface area contributed by atoms with Crippen LogP contribution in [0.3, 0.4) is 0 Å². The topological polar surface area (TPSA) is 37.4 Å². The fourth-order valence-corrected chi connectivity index (χ4v) is 4.33. The third-order valence-corrected chi connectivity index (χ3v) is 5.74. The zero-order chi connectivity index (χ0) is 16.8. The van der Waals surface area contributed by atoms with E-state index in [2.05, 4.69) is 0 Å². The molecule has 1 atom stereocenters. The van der Waals surface area contributed by atoms with E-state index in [9.17, 15) is 21.6 Å². The molecule has 0 radical (unpaired) electrons. The Morgan fingerprint density at radius 3 is 2.26 bits per heavy atom. The van der Waals surface area contributed by atoms with Crippen LogP contribution in [0.2, 0.25) is 0 Å². The van der Waals surface area contributed by atoms with Gasteiger partial charge in [-0.05, 0) is 35.9 Å². The first kappa shape index (κ1) is 15.9. The lowest BCUT2D eigenvalue weighted by Gasteiger charge is -2.20. The number of sulfonamides is 1. The van der Waals surface area contributed by atoms with Crippen LogP contribution in [0.5, 0.6) is 0 Å². The molecular formula is C16H14F3NO2S. The summed E-state index contributed by atoms with van der Waals surface area (Å²) in [6.07, 6.45) is -4.49. The molecule has 0 spiro atoms. The highest BCUT2D eigenvalue weighted by molar-refractivity contribution is 7.92. The Hall–Kier alpha value is -2.02. The van der Waals surface area contributed by atoms with E-state index in [1.54, 1.807) is 12.1 Å². The summed E-state index contributed by atoms with van der Waals surface area (Å²) in [6.45, 7) is 2.20. The van der Waals surface area contributed by atoms with Crippen LogP contribution < -0.4 is 4.31 Å². The van der Waals surface area contributed by atoms with E-state index in [4.69, 9.17) is 0 Å². The van der Waals surface area contributed by atoms with E-state index in [0.717, 1.165) is 29.8 Å². The molecule has 7 heteroatoms. The third-order valence-electron chi connectivity index (χ3n) is 3.95. The van der Waals surface area contributed by atoms with Crippen LogP contribution in [0, 0.1) is 0 Å². The number of halogens is 3. The number of anilines is 1. The molecule has 1 aliphatic rings. The minimum absolute atomic E-state index is 0.0374. The van der Waals surface area contributed by atoms with Gasteiger partial charge in [0, 0.05) is 12.5 Å². The van der Waals surface area contributed by atoms with Crippen LogP contribution in [0.1, 0.15) is 24.0 Å².